The molecule has 10 heteroatoms. The number of carbonyl (C=O) groups excluding carboxylic acids is 1. The zero-order valence-corrected chi connectivity index (χ0v) is 20.4. The maximum atomic E-state index is 12.9. The first kappa shape index (κ1) is 25.1. The SMILES string of the molecule is CCCCCN(C)C(=O)c1cnc(NS(=O)(=O)c2ccc(C)cc2)c(OCc2cccnc2)n1. The Morgan fingerprint density at radius 3 is 2.56 bits per heavy atom. The van der Waals surface area contributed by atoms with Crippen LogP contribution in [-0.4, -0.2) is 47.8 Å². The van der Waals surface area contributed by atoms with Gasteiger partial charge in [0.25, 0.3) is 21.8 Å². The number of ether oxygens (including phenoxy) is 1. The molecule has 0 aliphatic rings. The Morgan fingerprint density at radius 2 is 1.88 bits per heavy atom. The van der Waals surface area contributed by atoms with E-state index in [1.165, 1.54) is 18.3 Å². The molecule has 34 heavy (non-hydrogen) atoms. The molecule has 3 aromatic rings. The van der Waals surface area contributed by atoms with E-state index in [-0.39, 0.29) is 34.8 Å². The molecule has 1 N–H and O–H groups in total. The van der Waals surface area contributed by atoms with Crippen LogP contribution in [0.4, 0.5) is 5.82 Å². The minimum atomic E-state index is -3.94. The summed E-state index contributed by atoms with van der Waals surface area (Å²) in [6.07, 6.45) is 7.46. The van der Waals surface area contributed by atoms with Gasteiger partial charge in [-0.05, 0) is 31.5 Å². The van der Waals surface area contributed by atoms with E-state index in [0.717, 1.165) is 30.4 Å². The second kappa shape index (κ2) is 11.6. The number of anilines is 1. The summed E-state index contributed by atoms with van der Waals surface area (Å²) >= 11 is 0. The van der Waals surface area contributed by atoms with Gasteiger partial charge < -0.3 is 9.64 Å². The summed E-state index contributed by atoms with van der Waals surface area (Å²) in [5, 5.41) is 0. The molecule has 0 fully saturated rings. The van der Waals surface area contributed by atoms with Crippen LogP contribution in [0.1, 0.15) is 47.8 Å². The number of nitrogens with zero attached hydrogens (tertiary/aromatic N) is 4. The van der Waals surface area contributed by atoms with Crippen LogP contribution >= 0.6 is 0 Å². The Hall–Kier alpha value is -3.53. The van der Waals surface area contributed by atoms with Crippen LogP contribution in [0.5, 0.6) is 5.88 Å². The Balaban J connectivity index is 1.87. The molecule has 0 atom stereocenters. The van der Waals surface area contributed by atoms with E-state index in [9.17, 15) is 13.2 Å². The van der Waals surface area contributed by atoms with Gasteiger partial charge in [-0.3, -0.25) is 14.5 Å². The Kier molecular flexibility index (Phi) is 8.53. The summed E-state index contributed by atoms with van der Waals surface area (Å²) in [6.45, 7) is 4.62. The van der Waals surface area contributed by atoms with Gasteiger partial charge in [-0.25, -0.2) is 18.4 Å². The molecular formula is C24H29N5O4S. The van der Waals surface area contributed by atoms with Crippen molar-refractivity contribution in [2.45, 2.75) is 44.6 Å². The molecule has 0 unspecified atom stereocenters. The van der Waals surface area contributed by atoms with E-state index >= 15 is 0 Å². The molecule has 9 nitrogen and oxygen atoms in total. The van der Waals surface area contributed by atoms with Crippen molar-refractivity contribution in [3.05, 3.63) is 71.8 Å². The molecular weight excluding hydrogens is 454 g/mol. The van der Waals surface area contributed by atoms with Crippen LogP contribution in [0.2, 0.25) is 0 Å². The second-order valence-corrected chi connectivity index (χ2v) is 9.59. The van der Waals surface area contributed by atoms with Crippen LogP contribution in [0, 0.1) is 6.92 Å². The monoisotopic (exact) mass is 483 g/mol. The van der Waals surface area contributed by atoms with E-state index in [0.29, 0.717) is 6.54 Å². The highest BCUT2D eigenvalue weighted by Gasteiger charge is 2.22. The number of rotatable bonds is 11. The lowest BCUT2D eigenvalue weighted by atomic mass is 10.2. The third-order valence-electron chi connectivity index (χ3n) is 5.06. The maximum Gasteiger partial charge on any atom is 0.273 e. The maximum absolute atomic E-state index is 12.9. The van der Waals surface area contributed by atoms with E-state index < -0.39 is 10.0 Å². The van der Waals surface area contributed by atoms with E-state index in [1.54, 1.807) is 42.5 Å². The van der Waals surface area contributed by atoms with Gasteiger partial charge in [0.1, 0.15) is 6.61 Å². The van der Waals surface area contributed by atoms with Gasteiger partial charge in [0.15, 0.2) is 5.69 Å². The standard InChI is InChI=1S/C24H29N5O4S/c1-4-5-6-14-29(3)24(30)21-16-26-22(23(27-21)33-17-19-8-7-13-25-15-19)28-34(31,32)20-11-9-18(2)10-12-20/h7-13,15-16H,4-6,14,17H2,1-3H3,(H,26,28). The van der Waals surface area contributed by atoms with Crippen molar-refractivity contribution < 1.29 is 17.9 Å². The van der Waals surface area contributed by atoms with Crippen LogP contribution in [0.15, 0.2) is 59.9 Å². The van der Waals surface area contributed by atoms with Gasteiger partial charge in [0.05, 0.1) is 11.1 Å². The fourth-order valence-corrected chi connectivity index (χ4v) is 4.09. The minimum absolute atomic E-state index is 0.0680. The zero-order valence-electron chi connectivity index (χ0n) is 19.6. The number of nitrogens with one attached hydrogen (secondary N) is 1. The van der Waals surface area contributed by atoms with Gasteiger partial charge in [0.2, 0.25) is 5.82 Å². The van der Waals surface area contributed by atoms with Crippen LogP contribution in [-0.2, 0) is 16.6 Å². The number of hydrogen-bond acceptors (Lipinski definition) is 7. The molecule has 0 bridgehead atoms. The van der Waals surface area contributed by atoms with Crippen molar-refractivity contribution in [2.75, 3.05) is 18.3 Å². The van der Waals surface area contributed by atoms with E-state index in [2.05, 4.69) is 26.6 Å². The van der Waals surface area contributed by atoms with Crippen LogP contribution in [0.3, 0.4) is 0 Å². The molecule has 1 aromatic carbocycles. The number of sulfonamides is 1. The van der Waals surface area contributed by atoms with Gasteiger partial charge in [-0.2, -0.15) is 0 Å². The number of hydrogen-bond donors (Lipinski definition) is 1. The summed E-state index contributed by atoms with van der Waals surface area (Å²) in [7, 11) is -2.24. The molecule has 2 aromatic heterocycles. The largest absolute Gasteiger partial charge is 0.470 e. The van der Waals surface area contributed by atoms with Gasteiger partial charge >= 0.3 is 0 Å². The summed E-state index contributed by atoms with van der Waals surface area (Å²) < 4.78 is 34.0. The minimum Gasteiger partial charge on any atom is -0.470 e. The third kappa shape index (κ3) is 6.74. The number of benzene rings is 1. The molecule has 3 rings (SSSR count). The lowest BCUT2D eigenvalue weighted by Gasteiger charge is -2.18. The second-order valence-electron chi connectivity index (χ2n) is 7.91. The predicted molar refractivity (Wildman–Crippen MR) is 129 cm³/mol. The van der Waals surface area contributed by atoms with Gasteiger partial charge in [-0.15, -0.1) is 0 Å². The molecule has 0 saturated heterocycles. The average molecular weight is 484 g/mol. The first-order chi connectivity index (χ1) is 16.3. The highest BCUT2D eigenvalue weighted by atomic mass is 32.2. The number of unbranched alkanes of at least 4 members (excludes halogenated alkanes) is 2. The topological polar surface area (TPSA) is 114 Å². The molecule has 0 radical (unpaired) electrons. The Morgan fingerprint density at radius 1 is 1.12 bits per heavy atom. The molecule has 0 aliphatic carbocycles. The quantitative estimate of drug-likeness (QED) is 0.412. The van der Waals surface area contributed by atoms with Crippen molar-refractivity contribution in [3.63, 3.8) is 0 Å². The molecule has 2 heterocycles. The number of pyridine rings is 1. The summed E-state index contributed by atoms with van der Waals surface area (Å²) in [5.74, 6) is -0.509. The molecule has 0 aliphatic heterocycles. The Labute approximate surface area is 200 Å². The first-order valence-corrected chi connectivity index (χ1v) is 12.5. The fourth-order valence-electron chi connectivity index (χ4n) is 3.08. The highest BCUT2D eigenvalue weighted by Crippen LogP contribution is 2.24. The number of carbonyl (C=O) groups is 1. The van der Waals surface area contributed by atoms with E-state index in [4.69, 9.17) is 4.74 Å². The number of aryl methyl sites for hydroxylation is 1. The summed E-state index contributed by atoms with van der Waals surface area (Å²) in [5.41, 5.74) is 1.76. The lowest BCUT2D eigenvalue weighted by Crippen LogP contribution is -2.29. The van der Waals surface area contributed by atoms with Crippen LogP contribution in [0.25, 0.3) is 0 Å². The summed E-state index contributed by atoms with van der Waals surface area (Å²) in [6, 6.07) is 9.99. The summed E-state index contributed by atoms with van der Waals surface area (Å²) in [4.78, 5) is 27.0. The number of aromatic nitrogens is 3. The normalized spacial score (nSPS) is 11.1. The first-order valence-electron chi connectivity index (χ1n) is 11.0. The predicted octanol–water partition coefficient (Wildman–Crippen LogP) is 3.82. The average Bonchev–Trinajstić information content (AvgIpc) is 2.83. The molecule has 180 valence electrons. The number of amides is 1. The van der Waals surface area contributed by atoms with Crippen molar-refractivity contribution >= 4 is 21.7 Å². The smallest absolute Gasteiger partial charge is 0.273 e. The Bertz CT molecular complexity index is 1200. The van der Waals surface area contributed by atoms with Crippen molar-refractivity contribution in [1.82, 2.24) is 19.9 Å². The molecule has 1 amide bonds. The van der Waals surface area contributed by atoms with Gasteiger partial charge in [-0.1, -0.05) is 43.5 Å². The van der Waals surface area contributed by atoms with E-state index in [1.807, 2.05) is 13.0 Å². The van der Waals surface area contributed by atoms with Crippen molar-refractivity contribution in [1.29, 1.82) is 0 Å². The van der Waals surface area contributed by atoms with Crippen molar-refractivity contribution in [3.8, 4) is 5.88 Å². The molecule has 0 saturated carbocycles. The van der Waals surface area contributed by atoms with Gasteiger partial charge in [0, 0.05) is 31.5 Å². The third-order valence-corrected chi connectivity index (χ3v) is 6.42. The van der Waals surface area contributed by atoms with Crippen molar-refractivity contribution in [2.24, 2.45) is 0 Å². The zero-order chi connectivity index (χ0) is 24.6. The van der Waals surface area contributed by atoms with Crippen LogP contribution < -0.4 is 9.46 Å². The lowest BCUT2D eigenvalue weighted by molar-refractivity contribution is 0.0785. The molecule has 0 spiro atoms. The fraction of sp³-hybridized carbons (Fsp3) is 0.333. The highest BCUT2D eigenvalue weighted by molar-refractivity contribution is 7.92.